The Morgan fingerprint density at radius 2 is 1.40 bits per heavy atom. The van der Waals surface area contributed by atoms with Crippen LogP contribution >= 0.6 is 11.3 Å². The Morgan fingerprint density at radius 3 is 2.21 bits per heavy atom. The second-order valence-corrected chi connectivity index (χ2v) is 16.7. The molecule has 12 rings (SSSR count). The number of rotatable bonds is 4. The largest absolute Gasteiger partial charge is 0.613 e. The molecule has 0 radical (unpaired) electrons. The predicted molar refractivity (Wildman–Crippen MR) is 236 cm³/mol. The highest BCUT2D eigenvalue weighted by molar-refractivity contribution is 7.20. The van der Waals surface area contributed by atoms with Gasteiger partial charge in [0.15, 0.2) is 5.96 Å². The molecule has 3 heterocycles. The zero-order valence-electron chi connectivity index (χ0n) is 31.3. The quantitative estimate of drug-likeness (QED) is 0.195. The number of aliphatic imine (C=N–C) groups is 1. The summed E-state index contributed by atoms with van der Waals surface area (Å²) >= 11 is 1.90. The fourth-order valence-electron chi connectivity index (χ4n) is 10.4. The Balaban J connectivity index is 1.06. The van der Waals surface area contributed by atoms with E-state index in [0.717, 1.165) is 24.4 Å². The van der Waals surface area contributed by atoms with E-state index in [9.17, 15) is 0 Å². The summed E-state index contributed by atoms with van der Waals surface area (Å²) in [5.74, 6) is 1.04. The Hall–Kier alpha value is -6.27. The van der Waals surface area contributed by atoms with Gasteiger partial charge >= 0.3 is 0 Å². The van der Waals surface area contributed by atoms with Crippen molar-refractivity contribution in [2.24, 2.45) is 4.99 Å². The van der Waals surface area contributed by atoms with Gasteiger partial charge in [0.1, 0.15) is 0 Å². The molecule has 6 aromatic carbocycles. The van der Waals surface area contributed by atoms with Crippen molar-refractivity contribution in [1.29, 1.82) is 0 Å². The van der Waals surface area contributed by atoms with Gasteiger partial charge in [-0.05, 0) is 104 Å². The molecular formula is C52H39N4S-. The van der Waals surface area contributed by atoms with Gasteiger partial charge in [0.05, 0.1) is 11.5 Å². The number of fused-ring (bicyclic) bond motifs is 9. The molecule has 4 unspecified atom stereocenters. The van der Waals surface area contributed by atoms with Crippen LogP contribution in [0.3, 0.4) is 0 Å². The molecule has 1 N–H and O–H groups in total. The van der Waals surface area contributed by atoms with Gasteiger partial charge in [0, 0.05) is 21.2 Å². The first-order chi connectivity index (χ1) is 28.3. The van der Waals surface area contributed by atoms with Gasteiger partial charge in [-0.25, -0.2) is 0 Å². The number of thiophene rings is 1. The minimum atomic E-state index is -0.495. The SMILES string of the molecule is C1=CC2c3cc4c(cc3N(C3=NC(c5ccccc5)[N-]C(C5=CCCc6c5sc5ccccc65)N3)C2C=C1)C(c1ccccc1)(c1ccccc1)c1ccccc1-4. The molecule has 274 valence electrons. The van der Waals surface area contributed by atoms with Crippen molar-refractivity contribution < 1.29 is 0 Å². The highest BCUT2D eigenvalue weighted by atomic mass is 32.1. The maximum absolute atomic E-state index is 5.54. The highest BCUT2D eigenvalue weighted by Crippen LogP contribution is 2.59. The fourth-order valence-corrected chi connectivity index (χ4v) is 11.7. The number of nitrogens with zero attached hydrogens (tertiary/aromatic N) is 3. The molecular weight excluding hydrogens is 713 g/mol. The molecule has 3 aliphatic carbocycles. The molecule has 0 saturated carbocycles. The Labute approximate surface area is 337 Å². The summed E-state index contributed by atoms with van der Waals surface area (Å²) in [6, 6.07) is 55.8. The van der Waals surface area contributed by atoms with E-state index < -0.39 is 5.41 Å². The monoisotopic (exact) mass is 751 g/mol. The Bertz CT molecular complexity index is 2790. The first-order valence-corrected chi connectivity index (χ1v) is 20.9. The number of hydrogen-bond donors (Lipinski definition) is 1. The molecule has 7 aromatic rings. The minimum absolute atomic E-state index is 0.0623. The van der Waals surface area contributed by atoms with E-state index in [1.54, 1.807) is 0 Å². The van der Waals surface area contributed by atoms with Gasteiger partial charge < -0.3 is 15.5 Å². The number of allylic oxidation sites excluding steroid dienone is 3. The highest BCUT2D eigenvalue weighted by Gasteiger charge is 2.49. The maximum Gasteiger partial charge on any atom is 0.196 e. The third-order valence-corrected chi connectivity index (χ3v) is 14.0. The maximum atomic E-state index is 5.54. The first-order valence-electron chi connectivity index (χ1n) is 20.1. The second kappa shape index (κ2) is 12.9. The van der Waals surface area contributed by atoms with Crippen molar-refractivity contribution in [2.45, 2.75) is 42.5 Å². The lowest BCUT2D eigenvalue weighted by molar-refractivity contribution is 0.656. The first kappa shape index (κ1) is 32.9. The summed E-state index contributed by atoms with van der Waals surface area (Å²) in [6.45, 7) is 0. The van der Waals surface area contributed by atoms with Crippen molar-refractivity contribution in [3.05, 3.63) is 231 Å². The number of aryl methyl sites for hydroxylation is 1. The third-order valence-electron chi connectivity index (χ3n) is 12.8. The normalized spacial score (nSPS) is 22.1. The minimum Gasteiger partial charge on any atom is -0.613 e. The molecule has 2 aliphatic heterocycles. The van der Waals surface area contributed by atoms with Crippen molar-refractivity contribution >= 4 is 38.6 Å². The number of anilines is 1. The molecule has 0 spiro atoms. The summed E-state index contributed by atoms with van der Waals surface area (Å²) in [5, 5.41) is 10.9. The smallest absolute Gasteiger partial charge is 0.196 e. The number of guanidine groups is 1. The average molecular weight is 752 g/mol. The van der Waals surface area contributed by atoms with Gasteiger partial charge in [0.2, 0.25) is 0 Å². The van der Waals surface area contributed by atoms with Crippen molar-refractivity contribution in [1.82, 2.24) is 5.32 Å². The number of benzene rings is 6. The zero-order chi connectivity index (χ0) is 37.5. The van der Waals surface area contributed by atoms with E-state index in [-0.39, 0.29) is 24.3 Å². The standard InChI is InChI=1S/C52H39N4S/c1-4-17-33(18-5-1)49-53-50(40-27-16-26-39-38-25-12-15-30-47(38)57-48(39)40)55-51(54-49)56-45-29-14-11-24-37(45)42-31-41-36-23-10-13-28-43(36)52(44(41)32-46(42)56,34-19-6-2-7-20-34)35-21-8-3-9-22-35/h1-15,17-25,27-32,37,45,49-50H,16,26H2,(H,54,55)/q-1. The van der Waals surface area contributed by atoms with Crippen LogP contribution in [0.4, 0.5) is 5.69 Å². The number of nitrogens with one attached hydrogen (secondary N) is 1. The lowest BCUT2D eigenvalue weighted by Crippen LogP contribution is -2.52. The Kier molecular flexibility index (Phi) is 7.44. The molecule has 5 heteroatoms. The summed E-state index contributed by atoms with van der Waals surface area (Å²) in [7, 11) is 0. The van der Waals surface area contributed by atoms with Crippen LogP contribution in [0, 0.1) is 0 Å². The molecule has 1 aromatic heterocycles. The van der Waals surface area contributed by atoms with E-state index in [1.165, 1.54) is 70.7 Å². The molecule has 0 bridgehead atoms. The summed E-state index contributed by atoms with van der Waals surface area (Å²) in [4.78, 5) is 9.38. The van der Waals surface area contributed by atoms with Crippen molar-refractivity contribution in [3.63, 3.8) is 0 Å². The molecule has 4 atom stereocenters. The third kappa shape index (κ3) is 4.86. The fraction of sp³-hybridized carbons (Fsp3) is 0.135. The van der Waals surface area contributed by atoms with Crippen LogP contribution < -0.4 is 10.2 Å². The van der Waals surface area contributed by atoms with Crippen molar-refractivity contribution in [3.8, 4) is 11.1 Å². The topological polar surface area (TPSA) is 41.7 Å². The van der Waals surface area contributed by atoms with Crippen molar-refractivity contribution in [2.75, 3.05) is 4.90 Å². The summed E-state index contributed by atoms with van der Waals surface area (Å²) in [5.41, 5.74) is 13.6. The summed E-state index contributed by atoms with van der Waals surface area (Å²) in [6.07, 6.45) is 13.0. The van der Waals surface area contributed by atoms with E-state index in [2.05, 4.69) is 192 Å². The van der Waals surface area contributed by atoms with Crippen LogP contribution in [0.1, 0.15) is 62.3 Å². The van der Waals surface area contributed by atoms with Crippen LogP contribution in [-0.4, -0.2) is 18.2 Å². The van der Waals surface area contributed by atoms with E-state index >= 15 is 0 Å². The van der Waals surface area contributed by atoms with E-state index in [0.29, 0.717) is 0 Å². The Morgan fingerprint density at radius 1 is 0.702 bits per heavy atom. The molecule has 5 aliphatic rings. The van der Waals surface area contributed by atoms with Crippen LogP contribution in [0.5, 0.6) is 0 Å². The number of hydrogen-bond acceptors (Lipinski definition) is 4. The van der Waals surface area contributed by atoms with Crippen LogP contribution in [0.15, 0.2) is 187 Å². The van der Waals surface area contributed by atoms with Gasteiger partial charge in [-0.3, -0.25) is 4.99 Å². The lowest BCUT2D eigenvalue weighted by atomic mass is 9.67. The zero-order valence-corrected chi connectivity index (χ0v) is 32.1. The molecule has 0 saturated heterocycles. The summed E-state index contributed by atoms with van der Waals surface area (Å²) < 4.78 is 1.34. The van der Waals surface area contributed by atoms with Crippen LogP contribution in [-0.2, 0) is 11.8 Å². The van der Waals surface area contributed by atoms with Crippen LogP contribution in [0.2, 0.25) is 0 Å². The molecule has 0 amide bonds. The molecule has 57 heavy (non-hydrogen) atoms. The van der Waals surface area contributed by atoms with Crippen LogP contribution in [0.25, 0.3) is 32.1 Å². The molecule has 4 nitrogen and oxygen atoms in total. The van der Waals surface area contributed by atoms with E-state index in [4.69, 9.17) is 10.3 Å². The average Bonchev–Trinajstić information content (AvgIpc) is 3.92. The van der Waals surface area contributed by atoms with Gasteiger partial charge in [0.25, 0.3) is 0 Å². The second-order valence-electron chi connectivity index (χ2n) is 15.7. The predicted octanol–water partition coefficient (Wildman–Crippen LogP) is 12.1. The lowest BCUT2D eigenvalue weighted by Gasteiger charge is -2.47. The van der Waals surface area contributed by atoms with Gasteiger partial charge in [-0.2, -0.15) is 0 Å². The molecule has 0 fully saturated rings. The van der Waals surface area contributed by atoms with Gasteiger partial charge in [-0.15, -0.1) is 11.3 Å². The van der Waals surface area contributed by atoms with E-state index in [1.807, 2.05) is 11.3 Å². The van der Waals surface area contributed by atoms with Gasteiger partial charge in [-0.1, -0.05) is 164 Å².